The van der Waals surface area contributed by atoms with E-state index in [9.17, 15) is 14.3 Å². The van der Waals surface area contributed by atoms with Crippen molar-refractivity contribution in [2.24, 2.45) is 0 Å². The van der Waals surface area contributed by atoms with Crippen molar-refractivity contribution in [3.63, 3.8) is 0 Å². The van der Waals surface area contributed by atoms with E-state index in [0.29, 0.717) is 36.5 Å². The number of aliphatic hydroxyl groups is 1. The van der Waals surface area contributed by atoms with Crippen molar-refractivity contribution in [2.45, 2.75) is 37.2 Å². The molecule has 2 aromatic carbocycles. The predicted molar refractivity (Wildman–Crippen MR) is 109 cm³/mol. The van der Waals surface area contributed by atoms with Crippen LogP contribution in [0.3, 0.4) is 0 Å². The van der Waals surface area contributed by atoms with Gasteiger partial charge in [-0.2, -0.15) is 0 Å². The molecule has 1 aliphatic rings. The third kappa shape index (κ3) is 4.78. The number of carbonyl (C=O) groups is 1. The van der Waals surface area contributed by atoms with Crippen LogP contribution in [0.15, 0.2) is 54.6 Å². The molecule has 3 rings (SSSR count). The Labute approximate surface area is 170 Å². The van der Waals surface area contributed by atoms with Gasteiger partial charge in [0.1, 0.15) is 0 Å². The van der Waals surface area contributed by atoms with Crippen LogP contribution in [0.2, 0.25) is 5.02 Å². The van der Waals surface area contributed by atoms with Gasteiger partial charge in [-0.1, -0.05) is 54.1 Å². The summed E-state index contributed by atoms with van der Waals surface area (Å²) in [5.74, 6) is -0.490. The molecule has 2 atom stereocenters. The third-order valence-corrected chi connectivity index (χ3v) is 5.81. The number of rotatable bonds is 7. The average Bonchev–Trinajstić information content (AvgIpc) is 2.73. The minimum absolute atomic E-state index is 0.0730. The molecular formula is C22H26ClFN2O2. The first kappa shape index (κ1) is 20.9. The Hall–Kier alpha value is -1.79. The maximum absolute atomic E-state index is 14.7. The summed E-state index contributed by atoms with van der Waals surface area (Å²) in [6, 6.07) is 15.8. The minimum Gasteiger partial charge on any atom is -0.385 e. The normalized spacial score (nSPS) is 19.1. The van der Waals surface area contributed by atoms with Crippen LogP contribution in [-0.4, -0.2) is 48.3 Å². The van der Waals surface area contributed by atoms with Crippen molar-refractivity contribution in [3.05, 3.63) is 70.7 Å². The quantitative estimate of drug-likeness (QED) is 0.689. The second kappa shape index (κ2) is 9.14. The van der Waals surface area contributed by atoms with E-state index in [-0.39, 0.29) is 12.6 Å². The number of piperidine rings is 1. The number of alkyl halides is 1. The Morgan fingerprint density at radius 1 is 1.18 bits per heavy atom. The molecule has 0 amide bonds. The zero-order chi connectivity index (χ0) is 20.1. The van der Waals surface area contributed by atoms with Crippen LogP contribution in [-0.2, 0) is 5.60 Å². The third-order valence-electron chi connectivity index (χ3n) is 5.55. The Morgan fingerprint density at radius 2 is 1.79 bits per heavy atom. The topological polar surface area (TPSA) is 52.6 Å². The van der Waals surface area contributed by atoms with Gasteiger partial charge < -0.3 is 10.4 Å². The number of halogens is 2. The number of benzene rings is 2. The molecule has 2 unspecified atom stereocenters. The Morgan fingerprint density at radius 3 is 2.36 bits per heavy atom. The molecule has 0 saturated carbocycles. The molecule has 0 radical (unpaired) electrons. The van der Waals surface area contributed by atoms with Crippen LogP contribution < -0.4 is 5.32 Å². The lowest BCUT2D eigenvalue weighted by Gasteiger charge is -2.42. The molecule has 0 spiro atoms. The molecule has 28 heavy (non-hydrogen) atoms. The van der Waals surface area contributed by atoms with Crippen molar-refractivity contribution in [1.82, 2.24) is 10.2 Å². The van der Waals surface area contributed by atoms with Crippen molar-refractivity contribution in [1.29, 1.82) is 0 Å². The highest BCUT2D eigenvalue weighted by Gasteiger charge is 2.36. The van der Waals surface area contributed by atoms with E-state index in [1.807, 2.05) is 12.1 Å². The molecule has 4 nitrogen and oxygen atoms in total. The second-order valence-electron chi connectivity index (χ2n) is 7.31. The van der Waals surface area contributed by atoms with Gasteiger partial charge in [-0.25, -0.2) is 4.39 Å². The van der Waals surface area contributed by atoms with Crippen LogP contribution >= 0.6 is 11.6 Å². The lowest BCUT2D eigenvalue weighted by molar-refractivity contribution is -0.0412. The molecule has 2 N–H and O–H groups in total. The van der Waals surface area contributed by atoms with Gasteiger partial charge in [0.25, 0.3) is 0 Å². The number of nitrogens with one attached hydrogen (secondary N) is 1. The van der Waals surface area contributed by atoms with Gasteiger partial charge in [0.15, 0.2) is 12.0 Å². The molecule has 1 fully saturated rings. The summed E-state index contributed by atoms with van der Waals surface area (Å²) in [4.78, 5) is 14.4. The van der Waals surface area contributed by atoms with Gasteiger partial charge in [0.2, 0.25) is 0 Å². The number of hydrogen-bond acceptors (Lipinski definition) is 4. The Balaban J connectivity index is 1.60. The van der Waals surface area contributed by atoms with Crippen molar-refractivity contribution in [2.75, 3.05) is 20.1 Å². The molecule has 1 heterocycles. The van der Waals surface area contributed by atoms with Crippen LogP contribution in [0.25, 0.3) is 0 Å². The second-order valence-corrected chi connectivity index (χ2v) is 7.75. The Kier molecular flexibility index (Phi) is 6.83. The largest absolute Gasteiger partial charge is 0.385 e. The molecule has 6 heteroatoms. The number of carbonyl (C=O) groups excluding carboxylic acids is 1. The first-order valence-corrected chi connectivity index (χ1v) is 9.94. The Bertz CT molecular complexity index is 777. The summed E-state index contributed by atoms with van der Waals surface area (Å²) in [6.07, 6.45) is -0.689. The van der Waals surface area contributed by atoms with Gasteiger partial charge in [-0.05, 0) is 37.6 Å². The summed E-state index contributed by atoms with van der Waals surface area (Å²) < 4.78 is 14.7. The van der Waals surface area contributed by atoms with E-state index < -0.39 is 17.6 Å². The van der Waals surface area contributed by atoms with Gasteiger partial charge in [0.05, 0.1) is 11.8 Å². The number of nitrogens with zero attached hydrogens (tertiary/aromatic N) is 1. The fourth-order valence-corrected chi connectivity index (χ4v) is 3.92. The van der Waals surface area contributed by atoms with Crippen LogP contribution in [0, 0.1) is 0 Å². The van der Waals surface area contributed by atoms with Gasteiger partial charge in [0, 0.05) is 30.1 Å². The summed E-state index contributed by atoms with van der Waals surface area (Å²) in [5.41, 5.74) is 0.328. The molecule has 150 valence electrons. The number of Topliss-reactive ketones (excluding diaryl/α,β-unsaturated/α-hetero) is 1. The molecule has 1 aliphatic heterocycles. The van der Waals surface area contributed by atoms with E-state index in [4.69, 9.17) is 11.6 Å². The van der Waals surface area contributed by atoms with Crippen molar-refractivity contribution in [3.8, 4) is 0 Å². The molecule has 0 bridgehead atoms. The van der Waals surface area contributed by atoms with Gasteiger partial charge in [-0.15, -0.1) is 0 Å². The highest BCUT2D eigenvalue weighted by Crippen LogP contribution is 2.34. The summed E-state index contributed by atoms with van der Waals surface area (Å²) in [7, 11) is 1.77. The van der Waals surface area contributed by atoms with Gasteiger partial charge >= 0.3 is 0 Å². The first-order valence-electron chi connectivity index (χ1n) is 9.56. The lowest BCUT2D eigenvalue weighted by atomic mass is 9.84. The van der Waals surface area contributed by atoms with E-state index in [1.54, 1.807) is 49.5 Å². The standard InChI is InChI=1S/C22H26ClFN2O2/c1-25-20(15-19(24)21(27)16-5-3-2-4-6-16)26-13-11-22(28,12-14-26)17-7-9-18(23)10-8-17/h2-10,19-20,25,28H,11-15H2,1H3. The number of hydrogen-bond donors (Lipinski definition) is 2. The fraction of sp³-hybridized carbons (Fsp3) is 0.409. The highest BCUT2D eigenvalue weighted by atomic mass is 35.5. The van der Waals surface area contributed by atoms with Crippen LogP contribution in [0.5, 0.6) is 0 Å². The van der Waals surface area contributed by atoms with Crippen LogP contribution in [0.4, 0.5) is 4.39 Å². The van der Waals surface area contributed by atoms with E-state index in [2.05, 4.69) is 10.2 Å². The average molecular weight is 405 g/mol. The van der Waals surface area contributed by atoms with Crippen molar-refractivity contribution < 1.29 is 14.3 Å². The zero-order valence-corrected chi connectivity index (χ0v) is 16.7. The lowest BCUT2D eigenvalue weighted by Crippen LogP contribution is -2.52. The van der Waals surface area contributed by atoms with Crippen molar-refractivity contribution >= 4 is 17.4 Å². The predicted octanol–water partition coefficient (Wildman–Crippen LogP) is 3.78. The van der Waals surface area contributed by atoms with E-state index in [0.717, 1.165) is 5.56 Å². The number of likely N-dealkylation sites (tertiary alicyclic amines) is 1. The number of ketones is 1. The smallest absolute Gasteiger partial charge is 0.197 e. The molecule has 2 aromatic rings. The zero-order valence-electron chi connectivity index (χ0n) is 15.9. The molecule has 1 saturated heterocycles. The first-order chi connectivity index (χ1) is 13.4. The fourth-order valence-electron chi connectivity index (χ4n) is 3.79. The summed E-state index contributed by atoms with van der Waals surface area (Å²) in [5, 5.41) is 14.8. The molecule has 0 aliphatic carbocycles. The summed E-state index contributed by atoms with van der Waals surface area (Å²) >= 11 is 5.94. The monoisotopic (exact) mass is 404 g/mol. The highest BCUT2D eigenvalue weighted by molar-refractivity contribution is 6.30. The SMILES string of the molecule is CNC(CC(F)C(=O)c1ccccc1)N1CCC(O)(c2ccc(Cl)cc2)CC1. The van der Waals surface area contributed by atoms with E-state index >= 15 is 0 Å². The molecule has 0 aromatic heterocycles. The van der Waals surface area contributed by atoms with E-state index in [1.165, 1.54) is 0 Å². The van der Waals surface area contributed by atoms with Gasteiger partial charge in [-0.3, -0.25) is 9.69 Å². The molecular weight excluding hydrogens is 379 g/mol. The maximum Gasteiger partial charge on any atom is 0.197 e. The summed E-state index contributed by atoms with van der Waals surface area (Å²) in [6.45, 7) is 1.22. The maximum atomic E-state index is 14.7. The minimum atomic E-state index is -1.57. The van der Waals surface area contributed by atoms with Crippen LogP contribution in [0.1, 0.15) is 35.2 Å².